The number of nitrogens with zero attached hydrogens (tertiary/aromatic N) is 3. The molecule has 0 spiro atoms. The van der Waals surface area contributed by atoms with Crippen LogP contribution in [0, 0.1) is 11.6 Å². The lowest BCUT2D eigenvalue weighted by atomic mass is 10.1. The second-order valence-electron chi connectivity index (χ2n) is 7.97. The van der Waals surface area contributed by atoms with Crippen LogP contribution >= 0.6 is 27.7 Å². The Labute approximate surface area is 219 Å². The summed E-state index contributed by atoms with van der Waals surface area (Å²) in [5, 5.41) is 2.75. The van der Waals surface area contributed by atoms with E-state index in [0.717, 1.165) is 29.1 Å². The normalized spacial score (nSPS) is 14.2. The third-order valence-electron chi connectivity index (χ3n) is 5.16. The molecule has 0 unspecified atom stereocenters. The van der Waals surface area contributed by atoms with Gasteiger partial charge in [-0.05, 0) is 57.9 Å². The Morgan fingerprint density at radius 3 is 2.44 bits per heavy atom. The summed E-state index contributed by atoms with van der Waals surface area (Å²) in [6.07, 6.45) is 1.69. The number of rotatable bonds is 6. The minimum Gasteiger partial charge on any atom is -0.378 e. The number of para-hydroxylation sites is 1. The highest BCUT2D eigenvalue weighted by Crippen LogP contribution is 2.31. The van der Waals surface area contributed by atoms with Crippen molar-refractivity contribution < 1.29 is 18.4 Å². The molecular weight excluding hydrogens is 550 g/mol. The van der Waals surface area contributed by atoms with E-state index in [0.29, 0.717) is 16.9 Å². The summed E-state index contributed by atoms with van der Waals surface area (Å²) in [4.78, 5) is 33.7. The number of nitrogens with one attached hydrogen (secondary N) is 1. The molecule has 1 aliphatic rings. The van der Waals surface area contributed by atoms with Crippen LogP contribution in [0.3, 0.4) is 0 Å². The van der Waals surface area contributed by atoms with E-state index < -0.39 is 17.5 Å². The van der Waals surface area contributed by atoms with Crippen molar-refractivity contribution in [1.82, 2.24) is 0 Å². The number of benzene rings is 3. The largest absolute Gasteiger partial charge is 0.378 e. The Hall–Kier alpha value is -3.50. The molecule has 0 saturated heterocycles. The number of hydrogen-bond donors (Lipinski definition) is 1. The monoisotopic (exact) mass is 570 g/mol. The van der Waals surface area contributed by atoms with Crippen molar-refractivity contribution >= 4 is 67.8 Å². The lowest BCUT2D eigenvalue weighted by Gasteiger charge is -2.17. The van der Waals surface area contributed by atoms with Crippen molar-refractivity contribution in [3.8, 4) is 0 Å². The highest BCUT2D eigenvalue weighted by Gasteiger charge is 2.32. The standard InChI is InChI=1S/C26H21BrF2N4O2S/c1-32(2)18-10-8-16(9-11-18)12-22-25(35)33(19-6-4-3-5-7-19)26(30-22)36-15-23(34)31-24-20(27)13-17(28)14-21(24)29/h3-14H,15H2,1-2H3,(H,31,34)/b22-12-. The first kappa shape index (κ1) is 25.6. The van der Waals surface area contributed by atoms with Gasteiger partial charge in [0.2, 0.25) is 5.91 Å². The van der Waals surface area contributed by atoms with Crippen LogP contribution in [-0.4, -0.2) is 36.8 Å². The van der Waals surface area contributed by atoms with Gasteiger partial charge < -0.3 is 10.2 Å². The summed E-state index contributed by atoms with van der Waals surface area (Å²) < 4.78 is 27.5. The molecule has 3 aromatic rings. The number of carbonyl (C=O) groups is 2. The number of hydrogen-bond acceptors (Lipinski definition) is 5. The molecule has 0 bridgehead atoms. The van der Waals surface area contributed by atoms with E-state index >= 15 is 0 Å². The summed E-state index contributed by atoms with van der Waals surface area (Å²) in [5.74, 6) is -2.67. The fraction of sp³-hybridized carbons (Fsp3) is 0.115. The minimum atomic E-state index is -0.898. The van der Waals surface area contributed by atoms with E-state index in [4.69, 9.17) is 0 Å². The molecule has 1 heterocycles. The zero-order chi connectivity index (χ0) is 25.8. The van der Waals surface area contributed by atoms with Gasteiger partial charge in [0.1, 0.15) is 11.5 Å². The summed E-state index contributed by atoms with van der Waals surface area (Å²) in [7, 11) is 3.89. The number of thioether (sulfide) groups is 1. The van der Waals surface area contributed by atoms with E-state index in [9.17, 15) is 18.4 Å². The van der Waals surface area contributed by atoms with Gasteiger partial charge in [-0.15, -0.1) is 0 Å². The van der Waals surface area contributed by atoms with Gasteiger partial charge in [0.25, 0.3) is 5.91 Å². The summed E-state index contributed by atoms with van der Waals surface area (Å²) in [6, 6.07) is 18.4. The van der Waals surface area contributed by atoms with E-state index in [1.165, 1.54) is 4.90 Å². The van der Waals surface area contributed by atoms with Crippen molar-refractivity contribution in [2.75, 3.05) is 35.0 Å². The minimum absolute atomic E-state index is 0.0863. The number of amidine groups is 1. The van der Waals surface area contributed by atoms with Crippen molar-refractivity contribution in [2.24, 2.45) is 4.99 Å². The molecule has 0 radical (unpaired) electrons. The highest BCUT2D eigenvalue weighted by molar-refractivity contribution is 9.10. The number of aliphatic imine (C=N–C) groups is 1. The van der Waals surface area contributed by atoms with Gasteiger partial charge in [0, 0.05) is 30.3 Å². The van der Waals surface area contributed by atoms with Crippen molar-refractivity contribution in [3.05, 3.63) is 94.1 Å². The third kappa shape index (κ3) is 5.83. The molecule has 184 valence electrons. The van der Waals surface area contributed by atoms with Crippen LogP contribution in [0.15, 0.2) is 81.9 Å². The van der Waals surface area contributed by atoms with Crippen LogP contribution in [0.1, 0.15) is 5.56 Å². The molecule has 36 heavy (non-hydrogen) atoms. The molecule has 0 saturated carbocycles. The molecule has 0 atom stereocenters. The molecule has 10 heteroatoms. The van der Waals surface area contributed by atoms with E-state index in [2.05, 4.69) is 26.2 Å². The molecule has 4 rings (SSSR count). The Bertz CT molecular complexity index is 1340. The van der Waals surface area contributed by atoms with Crippen molar-refractivity contribution in [1.29, 1.82) is 0 Å². The molecule has 2 amide bonds. The van der Waals surface area contributed by atoms with Crippen LogP contribution in [0.4, 0.5) is 25.8 Å². The smallest absolute Gasteiger partial charge is 0.283 e. The molecular formula is C26H21BrF2N4O2S. The average molecular weight is 571 g/mol. The van der Waals surface area contributed by atoms with Gasteiger partial charge in [0.05, 0.1) is 17.1 Å². The second-order valence-corrected chi connectivity index (χ2v) is 9.76. The van der Waals surface area contributed by atoms with Crippen molar-refractivity contribution in [3.63, 3.8) is 0 Å². The van der Waals surface area contributed by atoms with Crippen molar-refractivity contribution in [2.45, 2.75) is 0 Å². The number of amides is 2. The van der Waals surface area contributed by atoms with Crippen LogP contribution in [0.5, 0.6) is 0 Å². The predicted octanol–water partition coefficient (Wildman–Crippen LogP) is 5.91. The quantitative estimate of drug-likeness (QED) is 0.374. The summed E-state index contributed by atoms with van der Waals surface area (Å²) >= 11 is 4.09. The van der Waals surface area contributed by atoms with Gasteiger partial charge in [-0.25, -0.2) is 13.8 Å². The maximum atomic E-state index is 14.1. The van der Waals surface area contributed by atoms with E-state index in [-0.39, 0.29) is 27.5 Å². The average Bonchev–Trinajstić information content (AvgIpc) is 3.15. The fourth-order valence-electron chi connectivity index (χ4n) is 3.39. The van der Waals surface area contributed by atoms with Gasteiger partial charge in [-0.3, -0.25) is 14.5 Å². The van der Waals surface area contributed by atoms with Crippen LogP contribution in [0.25, 0.3) is 6.08 Å². The lowest BCUT2D eigenvalue weighted by molar-refractivity contribution is -0.114. The lowest BCUT2D eigenvalue weighted by Crippen LogP contribution is -2.31. The maximum absolute atomic E-state index is 14.1. The maximum Gasteiger partial charge on any atom is 0.283 e. The van der Waals surface area contributed by atoms with E-state index in [1.54, 1.807) is 30.3 Å². The zero-order valence-electron chi connectivity index (χ0n) is 19.3. The first-order chi connectivity index (χ1) is 17.2. The zero-order valence-corrected chi connectivity index (χ0v) is 21.7. The van der Waals surface area contributed by atoms with Crippen LogP contribution < -0.4 is 15.1 Å². The Kier molecular flexibility index (Phi) is 7.85. The first-order valence-corrected chi connectivity index (χ1v) is 12.6. The Balaban J connectivity index is 1.56. The summed E-state index contributed by atoms with van der Waals surface area (Å²) in [6.45, 7) is 0. The number of anilines is 3. The Morgan fingerprint density at radius 2 is 1.81 bits per heavy atom. The van der Waals surface area contributed by atoms with Crippen LogP contribution in [0.2, 0.25) is 0 Å². The third-order valence-corrected chi connectivity index (χ3v) is 6.72. The highest BCUT2D eigenvalue weighted by atomic mass is 79.9. The molecule has 1 aliphatic heterocycles. The molecule has 0 fully saturated rings. The van der Waals surface area contributed by atoms with Gasteiger partial charge in [-0.1, -0.05) is 42.1 Å². The van der Waals surface area contributed by atoms with E-state index in [1.807, 2.05) is 49.3 Å². The van der Waals surface area contributed by atoms with Gasteiger partial charge in [0.15, 0.2) is 11.0 Å². The van der Waals surface area contributed by atoms with Gasteiger partial charge >= 0.3 is 0 Å². The topological polar surface area (TPSA) is 65.0 Å². The summed E-state index contributed by atoms with van der Waals surface area (Å²) in [5.41, 5.74) is 2.50. The molecule has 6 nitrogen and oxygen atoms in total. The fourth-order valence-corrected chi connectivity index (χ4v) is 4.71. The first-order valence-electron chi connectivity index (χ1n) is 10.8. The SMILES string of the molecule is CN(C)c1ccc(/C=C2\N=C(SCC(=O)Nc3c(F)cc(F)cc3Br)N(c3ccccc3)C2=O)cc1. The second kappa shape index (κ2) is 11.0. The number of halogens is 3. The molecule has 1 N–H and O–H groups in total. The predicted molar refractivity (Wildman–Crippen MR) is 145 cm³/mol. The molecule has 3 aromatic carbocycles. The van der Waals surface area contributed by atoms with Crippen LogP contribution in [-0.2, 0) is 9.59 Å². The van der Waals surface area contributed by atoms with Gasteiger partial charge in [-0.2, -0.15) is 0 Å². The number of carbonyl (C=O) groups excluding carboxylic acids is 2. The molecule has 0 aromatic heterocycles. The molecule has 0 aliphatic carbocycles. The Morgan fingerprint density at radius 1 is 1.11 bits per heavy atom.